The molecular formula is C16H25ClNO2+. The van der Waals surface area contributed by atoms with Crippen molar-refractivity contribution in [2.75, 3.05) is 26.2 Å². The molecule has 3 nitrogen and oxygen atoms in total. The second-order valence-corrected chi connectivity index (χ2v) is 6.23. The maximum Gasteiger partial charge on any atom is 0.137 e. The highest BCUT2D eigenvalue weighted by Gasteiger charge is 2.18. The Balaban J connectivity index is 1.82. The molecule has 20 heavy (non-hydrogen) atoms. The van der Waals surface area contributed by atoms with Crippen LogP contribution in [-0.2, 0) is 0 Å². The summed E-state index contributed by atoms with van der Waals surface area (Å²) in [4.78, 5) is 1.50. The third-order valence-electron chi connectivity index (χ3n) is 3.94. The Labute approximate surface area is 126 Å². The zero-order valence-corrected chi connectivity index (χ0v) is 13.2. The molecule has 1 heterocycles. The van der Waals surface area contributed by atoms with E-state index in [1.54, 1.807) is 0 Å². The molecule has 0 amide bonds. The van der Waals surface area contributed by atoms with Gasteiger partial charge in [-0.05, 0) is 56.4 Å². The minimum atomic E-state index is -0.403. The normalized spacial score (nSPS) is 18.0. The van der Waals surface area contributed by atoms with E-state index in [9.17, 15) is 5.11 Å². The number of likely N-dealkylation sites (tertiary alicyclic amines) is 1. The summed E-state index contributed by atoms with van der Waals surface area (Å²) in [5.41, 5.74) is 2.02. The Morgan fingerprint density at radius 3 is 2.40 bits per heavy atom. The molecule has 1 atom stereocenters. The SMILES string of the molecule is Cc1cc(OCC(O)C[NH+]2CCCCC2)cc(C)c1Cl. The Hall–Kier alpha value is -0.770. The molecule has 0 radical (unpaired) electrons. The second kappa shape index (κ2) is 7.30. The average molecular weight is 299 g/mol. The van der Waals surface area contributed by atoms with Crippen molar-refractivity contribution in [2.45, 2.75) is 39.2 Å². The van der Waals surface area contributed by atoms with Gasteiger partial charge in [-0.15, -0.1) is 0 Å². The molecule has 4 heteroatoms. The number of hydrogen-bond acceptors (Lipinski definition) is 2. The average Bonchev–Trinajstić information content (AvgIpc) is 2.43. The van der Waals surface area contributed by atoms with E-state index in [0.29, 0.717) is 6.61 Å². The molecule has 2 N–H and O–H groups in total. The highest BCUT2D eigenvalue weighted by molar-refractivity contribution is 6.32. The van der Waals surface area contributed by atoms with Crippen LogP contribution < -0.4 is 9.64 Å². The van der Waals surface area contributed by atoms with E-state index >= 15 is 0 Å². The zero-order chi connectivity index (χ0) is 14.5. The number of halogens is 1. The van der Waals surface area contributed by atoms with Crippen molar-refractivity contribution in [3.8, 4) is 5.75 Å². The molecule has 1 aromatic carbocycles. The minimum Gasteiger partial charge on any atom is -0.491 e. The standard InChI is InChI=1S/C16H24ClNO2/c1-12-8-15(9-13(2)16(12)17)20-11-14(19)10-18-6-4-3-5-7-18/h8-9,14,19H,3-7,10-11H2,1-2H3/p+1. The van der Waals surface area contributed by atoms with Crippen molar-refractivity contribution in [3.63, 3.8) is 0 Å². The summed E-state index contributed by atoms with van der Waals surface area (Å²) in [6.07, 6.45) is 3.48. The lowest BCUT2D eigenvalue weighted by atomic mass is 10.1. The number of aliphatic hydroxyl groups excluding tert-OH is 1. The molecule has 0 bridgehead atoms. The maximum atomic E-state index is 10.1. The fourth-order valence-corrected chi connectivity index (χ4v) is 2.94. The lowest BCUT2D eigenvalue weighted by Gasteiger charge is -2.25. The molecule has 0 aromatic heterocycles. The molecular weight excluding hydrogens is 274 g/mol. The van der Waals surface area contributed by atoms with Gasteiger partial charge in [0.15, 0.2) is 0 Å². The maximum absolute atomic E-state index is 10.1. The number of hydrogen-bond donors (Lipinski definition) is 2. The van der Waals surface area contributed by atoms with Crippen LogP contribution in [0.1, 0.15) is 30.4 Å². The van der Waals surface area contributed by atoms with Gasteiger partial charge in [0.2, 0.25) is 0 Å². The molecule has 1 aliphatic heterocycles. The summed E-state index contributed by atoms with van der Waals surface area (Å²) in [6.45, 7) is 7.43. The summed E-state index contributed by atoms with van der Waals surface area (Å²) >= 11 is 6.13. The van der Waals surface area contributed by atoms with Crippen LogP contribution in [0.2, 0.25) is 5.02 Å². The lowest BCUT2D eigenvalue weighted by Crippen LogP contribution is -3.14. The topological polar surface area (TPSA) is 33.9 Å². The van der Waals surface area contributed by atoms with Gasteiger partial charge in [0.05, 0.1) is 13.1 Å². The summed E-state index contributed by atoms with van der Waals surface area (Å²) in [7, 11) is 0. The van der Waals surface area contributed by atoms with Crippen molar-refractivity contribution >= 4 is 11.6 Å². The number of nitrogens with one attached hydrogen (secondary N) is 1. The molecule has 1 saturated heterocycles. The quantitative estimate of drug-likeness (QED) is 0.869. The first-order chi connectivity index (χ1) is 9.56. The minimum absolute atomic E-state index is 0.351. The summed E-state index contributed by atoms with van der Waals surface area (Å²) in [5, 5.41) is 10.9. The predicted molar refractivity (Wildman–Crippen MR) is 81.8 cm³/mol. The van der Waals surface area contributed by atoms with E-state index in [1.807, 2.05) is 26.0 Å². The van der Waals surface area contributed by atoms with Crippen LogP contribution in [0.5, 0.6) is 5.75 Å². The third-order valence-corrected chi connectivity index (χ3v) is 4.53. The molecule has 0 aliphatic carbocycles. The first-order valence-electron chi connectivity index (χ1n) is 7.47. The van der Waals surface area contributed by atoms with Crippen LogP contribution in [0.15, 0.2) is 12.1 Å². The Bertz CT molecular complexity index is 421. The van der Waals surface area contributed by atoms with Gasteiger partial charge in [0, 0.05) is 5.02 Å². The van der Waals surface area contributed by atoms with E-state index in [1.165, 1.54) is 37.3 Å². The van der Waals surface area contributed by atoms with E-state index in [2.05, 4.69) is 0 Å². The molecule has 1 aromatic rings. The highest BCUT2D eigenvalue weighted by Crippen LogP contribution is 2.25. The van der Waals surface area contributed by atoms with Gasteiger partial charge in [-0.2, -0.15) is 0 Å². The van der Waals surface area contributed by atoms with Crippen molar-refractivity contribution in [3.05, 3.63) is 28.3 Å². The van der Waals surface area contributed by atoms with Crippen molar-refractivity contribution in [1.29, 1.82) is 0 Å². The monoisotopic (exact) mass is 298 g/mol. The Morgan fingerprint density at radius 2 is 1.80 bits per heavy atom. The van der Waals surface area contributed by atoms with Gasteiger partial charge in [0.1, 0.15) is 25.0 Å². The van der Waals surface area contributed by atoms with E-state index in [4.69, 9.17) is 16.3 Å². The van der Waals surface area contributed by atoms with Crippen LogP contribution in [0, 0.1) is 13.8 Å². The first-order valence-corrected chi connectivity index (χ1v) is 7.85. The molecule has 1 aliphatic rings. The summed E-state index contributed by atoms with van der Waals surface area (Å²) in [5.74, 6) is 0.789. The van der Waals surface area contributed by atoms with Gasteiger partial charge in [-0.3, -0.25) is 0 Å². The fourth-order valence-electron chi connectivity index (χ4n) is 2.83. The van der Waals surface area contributed by atoms with Gasteiger partial charge < -0.3 is 14.7 Å². The number of ether oxygens (including phenoxy) is 1. The number of aliphatic hydroxyl groups is 1. The van der Waals surface area contributed by atoms with Crippen LogP contribution in [0.25, 0.3) is 0 Å². The highest BCUT2D eigenvalue weighted by atomic mass is 35.5. The van der Waals surface area contributed by atoms with Crippen LogP contribution >= 0.6 is 11.6 Å². The van der Waals surface area contributed by atoms with Crippen molar-refractivity contribution in [1.82, 2.24) is 0 Å². The fraction of sp³-hybridized carbons (Fsp3) is 0.625. The molecule has 0 saturated carbocycles. The van der Waals surface area contributed by atoms with E-state index < -0.39 is 6.10 Å². The van der Waals surface area contributed by atoms with E-state index in [-0.39, 0.29) is 0 Å². The van der Waals surface area contributed by atoms with Gasteiger partial charge in [0.25, 0.3) is 0 Å². The van der Waals surface area contributed by atoms with Crippen molar-refractivity contribution < 1.29 is 14.7 Å². The second-order valence-electron chi connectivity index (χ2n) is 5.85. The number of benzene rings is 1. The molecule has 112 valence electrons. The van der Waals surface area contributed by atoms with Crippen LogP contribution in [0.4, 0.5) is 0 Å². The Morgan fingerprint density at radius 1 is 1.20 bits per heavy atom. The lowest BCUT2D eigenvalue weighted by molar-refractivity contribution is -0.908. The van der Waals surface area contributed by atoms with Gasteiger partial charge in [-0.25, -0.2) is 0 Å². The van der Waals surface area contributed by atoms with Gasteiger partial charge >= 0.3 is 0 Å². The van der Waals surface area contributed by atoms with Crippen LogP contribution in [-0.4, -0.2) is 37.5 Å². The number of quaternary nitrogens is 1. The molecule has 2 rings (SSSR count). The van der Waals surface area contributed by atoms with E-state index in [0.717, 1.165) is 28.4 Å². The van der Waals surface area contributed by atoms with Crippen LogP contribution in [0.3, 0.4) is 0 Å². The first kappa shape index (κ1) is 15.6. The number of piperidine rings is 1. The largest absolute Gasteiger partial charge is 0.491 e. The van der Waals surface area contributed by atoms with Gasteiger partial charge in [-0.1, -0.05) is 11.6 Å². The molecule has 1 fully saturated rings. The molecule has 1 unspecified atom stereocenters. The zero-order valence-electron chi connectivity index (χ0n) is 12.4. The summed E-state index contributed by atoms with van der Waals surface area (Å²) in [6, 6.07) is 3.85. The number of rotatable bonds is 5. The summed E-state index contributed by atoms with van der Waals surface area (Å²) < 4.78 is 5.70. The third kappa shape index (κ3) is 4.37. The van der Waals surface area contributed by atoms with Crippen molar-refractivity contribution in [2.24, 2.45) is 0 Å². The molecule has 0 spiro atoms. The smallest absolute Gasteiger partial charge is 0.137 e. The Kier molecular flexibility index (Phi) is 5.70. The number of aryl methyl sites for hydroxylation is 2. The predicted octanol–water partition coefficient (Wildman–Crippen LogP) is 1.77.